The van der Waals surface area contributed by atoms with E-state index in [2.05, 4.69) is 12.1 Å². The van der Waals surface area contributed by atoms with E-state index in [0.29, 0.717) is 6.54 Å². The van der Waals surface area contributed by atoms with Crippen molar-refractivity contribution in [2.24, 2.45) is 28.6 Å². The van der Waals surface area contributed by atoms with Crippen molar-refractivity contribution in [1.82, 2.24) is 4.90 Å². The third kappa shape index (κ3) is 3.39. The van der Waals surface area contributed by atoms with Crippen molar-refractivity contribution in [2.75, 3.05) is 13.1 Å². The lowest BCUT2D eigenvalue weighted by Crippen LogP contribution is -2.46. The molecule has 2 fully saturated rings. The fourth-order valence-corrected chi connectivity index (χ4v) is 3.27. The van der Waals surface area contributed by atoms with Gasteiger partial charge in [-0.05, 0) is 44.4 Å². The van der Waals surface area contributed by atoms with Crippen LogP contribution in [0.25, 0.3) is 0 Å². The molecule has 0 bridgehead atoms. The average Bonchev–Trinajstić information content (AvgIpc) is 2.46. The van der Waals surface area contributed by atoms with Gasteiger partial charge in [-0.1, -0.05) is 12.1 Å². The standard InChI is InChI=1S/C14H25N3O2/c1-10-4-6-11(7-5-10)14(18)17-8-2-3-12(9-17)13(15)16-19/h10-12,19H,2-9H2,1H3,(H2,15,16). The molecule has 0 aromatic heterocycles. The number of rotatable bonds is 2. The highest BCUT2D eigenvalue weighted by molar-refractivity contribution is 5.84. The summed E-state index contributed by atoms with van der Waals surface area (Å²) in [6.07, 6.45) is 6.20. The van der Waals surface area contributed by atoms with Crippen LogP contribution in [0.5, 0.6) is 0 Å². The van der Waals surface area contributed by atoms with Gasteiger partial charge in [0.1, 0.15) is 5.84 Å². The minimum Gasteiger partial charge on any atom is -0.409 e. The third-order valence-corrected chi connectivity index (χ3v) is 4.63. The topological polar surface area (TPSA) is 78.9 Å². The number of amidine groups is 1. The second-order valence-corrected chi connectivity index (χ2v) is 6.11. The largest absolute Gasteiger partial charge is 0.409 e. The molecule has 1 aliphatic carbocycles. The molecule has 0 aromatic rings. The molecular weight excluding hydrogens is 242 g/mol. The molecule has 2 rings (SSSR count). The summed E-state index contributed by atoms with van der Waals surface area (Å²) in [5, 5.41) is 11.8. The van der Waals surface area contributed by atoms with E-state index in [1.54, 1.807) is 0 Å². The van der Waals surface area contributed by atoms with Gasteiger partial charge in [0.05, 0.1) is 0 Å². The molecule has 3 N–H and O–H groups in total. The second kappa shape index (κ2) is 6.26. The highest BCUT2D eigenvalue weighted by Crippen LogP contribution is 2.30. The Morgan fingerprint density at radius 3 is 2.53 bits per heavy atom. The number of hydrogen-bond donors (Lipinski definition) is 2. The molecule has 1 saturated heterocycles. The highest BCUT2D eigenvalue weighted by atomic mass is 16.4. The first-order valence-electron chi connectivity index (χ1n) is 7.38. The molecule has 5 heteroatoms. The number of likely N-dealkylation sites (tertiary alicyclic amines) is 1. The normalized spacial score (nSPS) is 33.2. The molecular formula is C14H25N3O2. The van der Waals surface area contributed by atoms with Crippen molar-refractivity contribution >= 4 is 11.7 Å². The van der Waals surface area contributed by atoms with E-state index in [9.17, 15) is 4.79 Å². The summed E-state index contributed by atoms with van der Waals surface area (Å²) in [6, 6.07) is 0. The Labute approximate surface area is 114 Å². The Bertz CT molecular complexity index is 349. The molecule has 2 aliphatic rings. The molecule has 1 saturated carbocycles. The first kappa shape index (κ1) is 14.2. The van der Waals surface area contributed by atoms with Crippen LogP contribution >= 0.6 is 0 Å². The number of amides is 1. The van der Waals surface area contributed by atoms with Gasteiger partial charge in [-0.3, -0.25) is 4.79 Å². The lowest BCUT2D eigenvalue weighted by atomic mass is 9.82. The maximum Gasteiger partial charge on any atom is 0.225 e. The maximum absolute atomic E-state index is 12.5. The molecule has 0 radical (unpaired) electrons. The van der Waals surface area contributed by atoms with Crippen molar-refractivity contribution in [1.29, 1.82) is 0 Å². The first-order valence-corrected chi connectivity index (χ1v) is 7.38. The predicted octanol–water partition coefficient (Wildman–Crippen LogP) is 1.80. The highest BCUT2D eigenvalue weighted by Gasteiger charge is 2.32. The van der Waals surface area contributed by atoms with Crippen LogP contribution in [0.3, 0.4) is 0 Å². The van der Waals surface area contributed by atoms with Crippen LogP contribution in [0.2, 0.25) is 0 Å². The summed E-state index contributed by atoms with van der Waals surface area (Å²) >= 11 is 0. The van der Waals surface area contributed by atoms with Gasteiger partial charge in [0.15, 0.2) is 0 Å². The van der Waals surface area contributed by atoms with E-state index in [-0.39, 0.29) is 23.6 Å². The number of piperidine rings is 1. The lowest BCUT2D eigenvalue weighted by Gasteiger charge is -2.36. The Kier molecular flexibility index (Phi) is 4.66. The molecule has 108 valence electrons. The smallest absolute Gasteiger partial charge is 0.225 e. The summed E-state index contributed by atoms with van der Waals surface area (Å²) in [5.41, 5.74) is 5.67. The first-order chi connectivity index (χ1) is 9.11. The number of nitrogens with two attached hydrogens (primary N) is 1. The Balaban J connectivity index is 1.92. The van der Waals surface area contributed by atoms with E-state index >= 15 is 0 Å². The van der Waals surface area contributed by atoms with E-state index in [1.807, 2.05) is 4.90 Å². The number of carbonyl (C=O) groups excluding carboxylic acids is 1. The zero-order valence-electron chi connectivity index (χ0n) is 11.7. The van der Waals surface area contributed by atoms with Gasteiger partial charge in [-0.25, -0.2) is 0 Å². The fraction of sp³-hybridized carbons (Fsp3) is 0.857. The predicted molar refractivity (Wildman–Crippen MR) is 73.8 cm³/mol. The van der Waals surface area contributed by atoms with Crippen LogP contribution in [0.15, 0.2) is 5.16 Å². The number of oxime groups is 1. The molecule has 1 heterocycles. The van der Waals surface area contributed by atoms with Gasteiger partial charge in [0.25, 0.3) is 0 Å². The zero-order valence-corrected chi connectivity index (χ0v) is 11.7. The molecule has 1 atom stereocenters. The van der Waals surface area contributed by atoms with Crippen LogP contribution in [-0.2, 0) is 4.79 Å². The third-order valence-electron chi connectivity index (χ3n) is 4.63. The van der Waals surface area contributed by atoms with E-state index < -0.39 is 0 Å². The Morgan fingerprint density at radius 1 is 1.21 bits per heavy atom. The van der Waals surface area contributed by atoms with E-state index in [0.717, 1.165) is 51.0 Å². The van der Waals surface area contributed by atoms with Crippen LogP contribution in [0.4, 0.5) is 0 Å². The maximum atomic E-state index is 12.5. The van der Waals surface area contributed by atoms with Crippen molar-refractivity contribution < 1.29 is 10.0 Å². The van der Waals surface area contributed by atoms with Gasteiger partial charge < -0.3 is 15.8 Å². The van der Waals surface area contributed by atoms with Gasteiger partial charge in [0.2, 0.25) is 5.91 Å². The summed E-state index contributed by atoms with van der Waals surface area (Å²) in [5.74, 6) is 1.51. The minimum absolute atomic E-state index is 0.0187. The van der Waals surface area contributed by atoms with Crippen molar-refractivity contribution in [3.8, 4) is 0 Å². The van der Waals surface area contributed by atoms with Gasteiger partial charge in [0, 0.05) is 24.9 Å². The number of nitrogens with zero attached hydrogens (tertiary/aromatic N) is 2. The molecule has 0 aromatic carbocycles. The van der Waals surface area contributed by atoms with Crippen molar-refractivity contribution in [3.05, 3.63) is 0 Å². The Hall–Kier alpha value is -1.26. The van der Waals surface area contributed by atoms with Crippen LogP contribution in [0.1, 0.15) is 45.4 Å². The Morgan fingerprint density at radius 2 is 1.89 bits per heavy atom. The molecule has 1 amide bonds. The molecule has 1 unspecified atom stereocenters. The summed E-state index contributed by atoms with van der Waals surface area (Å²) in [7, 11) is 0. The molecule has 0 spiro atoms. The van der Waals surface area contributed by atoms with E-state index in [1.165, 1.54) is 0 Å². The second-order valence-electron chi connectivity index (χ2n) is 6.11. The molecule has 5 nitrogen and oxygen atoms in total. The lowest BCUT2D eigenvalue weighted by molar-refractivity contribution is -0.138. The van der Waals surface area contributed by atoms with Crippen LogP contribution in [0, 0.1) is 17.8 Å². The summed E-state index contributed by atoms with van der Waals surface area (Å²) < 4.78 is 0. The fourth-order valence-electron chi connectivity index (χ4n) is 3.27. The minimum atomic E-state index is 0.0187. The summed E-state index contributed by atoms with van der Waals surface area (Å²) in [4.78, 5) is 14.4. The number of hydrogen-bond acceptors (Lipinski definition) is 3. The number of carbonyl (C=O) groups is 1. The van der Waals surface area contributed by atoms with Crippen LogP contribution in [-0.4, -0.2) is 34.9 Å². The zero-order chi connectivity index (χ0) is 13.8. The average molecular weight is 267 g/mol. The van der Waals surface area contributed by atoms with Crippen molar-refractivity contribution in [3.63, 3.8) is 0 Å². The van der Waals surface area contributed by atoms with E-state index in [4.69, 9.17) is 10.9 Å². The molecule has 19 heavy (non-hydrogen) atoms. The molecule has 1 aliphatic heterocycles. The SMILES string of the molecule is CC1CCC(C(=O)N2CCCC(C(N)=NO)C2)CC1. The quantitative estimate of drug-likeness (QED) is 0.346. The van der Waals surface area contributed by atoms with Gasteiger partial charge >= 0.3 is 0 Å². The van der Waals surface area contributed by atoms with Gasteiger partial charge in [-0.2, -0.15) is 0 Å². The van der Waals surface area contributed by atoms with Crippen molar-refractivity contribution in [2.45, 2.75) is 45.4 Å². The summed E-state index contributed by atoms with van der Waals surface area (Å²) in [6.45, 7) is 3.69. The monoisotopic (exact) mass is 267 g/mol. The van der Waals surface area contributed by atoms with Crippen LogP contribution < -0.4 is 5.73 Å². The van der Waals surface area contributed by atoms with Gasteiger partial charge in [-0.15, -0.1) is 0 Å².